The third-order valence-electron chi connectivity index (χ3n) is 5.53. The minimum Gasteiger partial charge on any atom is -0.349 e. The molecular weight excluding hydrogens is 339 g/mol. The average Bonchev–Trinajstić information content (AvgIpc) is 2.64. The molecule has 1 N–H and O–H groups in total. The Hall–Kier alpha value is -2.20. The number of aryl methyl sites for hydroxylation is 2. The van der Waals surface area contributed by atoms with Crippen LogP contribution in [0.25, 0.3) is 0 Å². The molecule has 3 nitrogen and oxygen atoms in total. The summed E-state index contributed by atoms with van der Waals surface area (Å²) in [4.78, 5) is 15.0. The van der Waals surface area contributed by atoms with Gasteiger partial charge in [0, 0.05) is 12.5 Å². The molecular formula is C23H29FN2O. The monoisotopic (exact) mass is 368 g/mol. The fraction of sp³-hybridized carbons (Fsp3) is 0.435. The summed E-state index contributed by atoms with van der Waals surface area (Å²) < 4.78 is 13.0. The zero-order valence-electron chi connectivity index (χ0n) is 16.5. The Morgan fingerprint density at radius 2 is 1.81 bits per heavy atom. The van der Waals surface area contributed by atoms with Crippen molar-refractivity contribution in [3.63, 3.8) is 0 Å². The maximum Gasteiger partial charge on any atom is 0.223 e. The van der Waals surface area contributed by atoms with E-state index in [0.717, 1.165) is 38.0 Å². The minimum atomic E-state index is -0.202. The zero-order chi connectivity index (χ0) is 19.4. The van der Waals surface area contributed by atoms with E-state index >= 15 is 0 Å². The van der Waals surface area contributed by atoms with Crippen LogP contribution in [0.1, 0.15) is 48.1 Å². The molecule has 1 heterocycles. The van der Waals surface area contributed by atoms with Gasteiger partial charge in [-0.15, -0.1) is 0 Å². The lowest BCUT2D eigenvalue weighted by molar-refractivity contribution is -0.127. The molecule has 4 heteroatoms. The molecule has 0 radical (unpaired) electrons. The molecule has 0 aromatic heterocycles. The van der Waals surface area contributed by atoms with E-state index in [9.17, 15) is 9.18 Å². The number of hydrogen-bond donors (Lipinski definition) is 1. The van der Waals surface area contributed by atoms with Gasteiger partial charge in [-0.1, -0.05) is 35.9 Å². The predicted octanol–water partition coefficient (Wildman–Crippen LogP) is 4.53. The van der Waals surface area contributed by atoms with Crippen LogP contribution in [0.2, 0.25) is 0 Å². The number of likely N-dealkylation sites (tertiary alicyclic amines) is 1. The predicted molar refractivity (Wildman–Crippen MR) is 107 cm³/mol. The second-order valence-corrected chi connectivity index (χ2v) is 7.77. The molecule has 3 rings (SSSR count). The molecule has 1 atom stereocenters. The fourth-order valence-electron chi connectivity index (χ4n) is 3.92. The quantitative estimate of drug-likeness (QED) is 0.841. The Kier molecular flexibility index (Phi) is 6.27. The summed E-state index contributed by atoms with van der Waals surface area (Å²) in [6, 6.07) is 13.1. The van der Waals surface area contributed by atoms with Crippen LogP contribution < -0.4 is 5.32 Å². The van der Waals surface area contributed by atoms with Crippen LogP contribution in [-0.4, -0.2) is 23.9 Å². The molecule has 144 valence electrons. The highest BCUT2D eigenvalue weighted by Crippen LogP contribution is 2.23. The third kappa shape index (κ3) is 5.16. The number of piperidine rings is 1. The molecule has 2 aromatic carbocycles. The molecule has 0 spiro atoms. The van der Waals surface area contributed by atoms with Gasteiger partial charge >= 0.3 is 0 Å². The molecule has 0 saturated carbocycles. The molecule has 1 aliphatic rings. The van der Waals surface area contributed by atoms with Gasteiger partial charge in [0.25, 0.3) is 0 Å². The lowest BCUT2D eigenvalue weighted by Gasteiger charge is -2.32. The Labute approximate surface area is 161 Å². The van der Waals surface area contributed by atoms with Gasteiger partial charge in [0.15, 0.2) is 0 Å². The van der Waals surface area contributed by atoms with Crippen molar-refractivity contribution in [3.8, 4) is 0 Å². The Bertz CT molecular complexity index is 779. The lowest BCUT2D eigenvalue weighted by atomic mass is 9.94. The first-order chi connectivity index (χ1) is 12.9. The smallest absolute Gasteiger partial charge is 0.223 e. The highest BCUT2D eigenvalue weighted by molar-refractivity contribution is 5.79. The maximum atomic E-state index is 13.0. The number of hydrogen-bond acceptors (Lipinski definition) is 2. The maximum absolute atomic E-state index is 13.0. The number of benzene rings is 2. The standard InChI is InChI=1S/C23H29FN2O/c1-16-4-9-22(17(2)14-16)18(3)25-23(27)20-10-12-26(13-11-20)15-19-5-7-21(24)8-6-19/h4-9,14,18,20H,10-13,15H2,1-3H3,(H,25,27)/t18-/m1/s1. The zero-order valence-corrected chi connectivity index (χ0v) is 16.5. The van der Waals surface area contributed by atoms with Crippen molar-refractivity contribution in [2.24, 2.45) is 5.92 Å². The molecule has 2 aromatic rings. The highest BCUT2D eigenvalue weighted by atomic mass is 19.1. The Morgan fingerprint density at radius 3 is 2.44 bits per heavy atom. The van der Waals surface area contributed by atoms with Gasteiger partial charge in [-0.2, -0.15) is 0 Å². The fourth-order valence-corrected chi connectivity index (χ4v) is 3.92. The van der Waals surface area contributed by atoms with Crippen molar-refractivity contribution in [2.75, 3.05) is 13.1 Å². The van der Waals surface area contributed by atoms with E-state index in [1.165, 1.54) is 28.8 Å². The third-order valence-corrected chi connectivity index (χ3v) is 5.53. The summed E-state index contributed by atoms with van der Waals surface area (Å²) in [6.07, 6.45) is 1.74. The molecule has 1 aliphatic heterocycles. The van der Waals surface area contributed by atoms with E-state index < -0.39 is 0 Å². The van der Waals surface area contributed by atoms with Crippen molar-refractivity contribution in [3.05, 3.63) is 70.5 Å². The molecule has 1 amide bonds. The molecule has 1 fully saturated rings. The number of nitrogens with one attached hydrogen (secondary N) is 1. The highest BCUT2D eigenvalue weighted by Gasteiger charge is 2.26. The van der Waals surface area contributed by atoms with Gasteiger partial charge in [-0.25, -0.2) is 4.39 Å². The van der Waals surface area contributed by atoms with Gasteiger partial charge in [-0.05, 0) is 75.5 Å². The van der Waals surface area contributed by atoms with Crippen molar-refractivity contribution < 1.29 is 9.18 Å². The van der Waals surface area contributed by atoms with E-state index in [1.807, 2.05) is 12.1 Å². The molecule has 27 heavy (non-hydrogen) atoms. The molecule has 0 aliphatic carbocycles. The largest absolute Gasteiger partial charge is 0.349 e. The van der Waals surface area contributed by atoms with Crippen molar-refractivity contribution in [2.45, 2.75) is 46.2 Å². The normalized spacial score (nSPS) is 16.9. The van der Waals surface area contributed by atoms with Crippen LogP contribution in [0.15, 0.2) is 42.5 Å². The number of halogens is 1. The summed E-state index contributed by atoms with van der Waals surface area (Å²) in [7, 11) is 0. The summed E-state index contributed by atoms with van der Waals surface area (Å²) in [5.41, 5.74) is 4.76. The number of carbonyl (C=O) groups excluding carboxylic acids is 1. The number of nitrogens with zero attached hydrogens (tertiary/aromatic N) is 1. The van der Waals surface area contributed by atoms with Crippen molar-refractivity contribution in [1.82, 2.24) is 10.2 Å². The Morgan fingerprint density at radius 1 is 1.15 bits per heavy atom. The molecule has 0 bridgehead atoms. The second-order valence-electron chi connectivity index (χ2n) is 7.77. The van der Waals surface area contributed by atoms with E-state index in [1.54, 1.807) is 0 Å². The van der Waals surface area contributed by atoms with Crippen molar-refractivity contribution in [1.29, 1.82) is 0 Å². The van der Waals surface area contributed by atoms with E-state index in [-0.39, 0.29) is 23.7 Å². The lowest BCUT2D eigenvalue weighted by Crippen LogP contribution is -2.41. The minimum absolute atomic E-state index is 0.0235. The van der Waals surface area contributed by atoms with Gasteiger partial charge in [-0.3, -0.25) is 9.69 Å². The summed E-state index contributed by atoms with van der Waals surface area (Å²) in [5.74, 6) is 0.0265. The number of amides is 1. The summed E-state index contributed by atoms with van der Waals surface area (Å²) in [5, 5.41) is 3.20. The SMILES string of the molecule is Cc1ccc([C@@H](C)NC(=O)C2CCN(Cc3ccc(F)cc3)CC2)c(C)c1. The average molecular weight is 368 g/mol. The number of carbonyl (C=O) groups is 1. The topological polar surface area (TPSA) is 32.3 Å². The molecule has 1 saturated heterocycles. The first kappa shape index (κ1) is 19.6. The Balaban J connectivity index is 1.50. The van der Waals surface area contributed by atoms with Crippen LogP contribution in [-0.2, 0) is 11.3 Å². The second kappa shape index (κ2) is 8.66. The first-order valence-corrected chi connectivity index (χ1v) is 9.76. The summed E-state index contributed by atoms with van der Waals surface area (Å²) >= 11 is 0. The van der Waals surface area contributed by atoms with Gasteiger partial charge in [0.05, 0.1) is 6.04 Å². The van der Waals surface area contributed by atoms with E-state index in [2.05, 4.69) is 49.2 Å². The van der Waals surface area contributed by atoms with Crippen LogP contribution in [0.5, 0.6) is 0 Å². The van der Waals surface area contributed by atoms with Crippen LogP contribution in [0, 0.1) is 25.6 Å². The van der Waals surface area contributed by atoms with Crippen LogP contribution >= 0.6 is 0 Å². The van der Waals surface area contributed by atoms with E-state index in [4.69, 9.17) is 0 Å². The van der Waals surface area contributed by atoms with Crippen molar-refractivity contribution >= 4 is 5.91 Å². The van der Waals surface area contributed by atoms with E-state index in [0.29, 0.717) is 0 Å². The van der Waals surface area contributed by atoms with Gasteiger partial charge in [0.2, 0.25) is 5.91 Å². The first-order valence-electron chi connectivity index (χ1n) is 9.76. The number of rotatable bonds is 5. The molecule has 0 unspecified atom stereocenters. The van der Waals surface area contributed by atoms with Crippen LogP contribution in [0.3, 0.4) is 0 Å². The van der Waals surface area contributed by atoms with Crippen LogP contribution in [0.4, 0.5) is 4.39 Å². The summed E-state index contributed by atoms with van der Waals surface area (Å²) in [6.45, 7) is 8.84. The van der Waals surface area contributed by atoms with Gasteiger partial charge < -0.3 is 5.32 Å². The van der Waals surface area contributed by atoms with Gasteiger partial charge in [0.1, 0.15) is 5.82 Å².